The van der Waals surface area contributed by atoms with Gasteiger partial charge in [0.1, 0.15) is 11.6 Å². The minimum Gasteiger partial charge on any atom is -0.497 e. The maximum absolute atomic E-state index is 5.54. The molecule has 0 bridgehead atoms. The molecule has 0 unspecified atom stereocenters. The number of nitrogens with two attached hydrogens (primary N) is 1. The Balaban J connectivity index is 2.35. The van der Waals surface area contributed by atoms with E-state index >= 15 is 0 Å². The molecule has 0 saturated heterocycles. The first-order valence-electron chi connectivity index (χ1n) is 6.04. The van der Waals surface area contributed by atoms with Crippen molar-refractivity contribution in [3.63, 3.8) is 0 Å². The number of anilines is 1. The number of ether oxygens (including phenoxy) is 1. The van der Waals surface area contributed by atoms with Crippen LogP contribution in [-0.2, 0) is 0 Å². The van der Waals surface area contributed by atoms with Gasteiger partial charge in [-0.25, -0.2) is 4.98 Å². The van der Waals surface area contributed by atoms with E-state index in [4.69, 9.17) is 22.7 Å². The molecule has 1 heterocycles. The van der Waals surface area contributed by atoms with E-state index in [2.05, 4.69) is 9.88 Å². The van der Waals surface area contributed by atoms with Crippen molar-refractivity contribution in [2.75, 3.05) is 25.6 Å². The predicted molar refractivity (Wildman–Crippen MR) is 83.0 cm³/mol. The fourth-order valence-electron chi connectivity index (χ4n) is 1.96. The van der Waals surface area contributed by atoms with Crippen molar-refractivity contribution < 1.29 is 4.74 Å². The molecule has 5 heteroatoms. The summed E-state index contributed by atoms with van der Waals surface area (Å²) in [5.41, 5.74) is 5.54. The van der Waals surface area contributed by atoms with E-state index in [1.54, 1.807) is 13.3 Å². The van der Waals surface area contributed by atoms with Gasteiger partial charge in [0.2, 0.25) is 0 Å². The molecular weight excluding hydrogens is 258 g/mol. The number of aromatic nitrogens is 1. The zero-order valence-corrected chi connectivity index (χ0v) is 11.9. The van der Waals surface area contributed by atoms with Crippen LogP contribution in [0.15, 0.2) is 30.5 Å². The monoisotopic (exact) mass is 275 g/mol. The molecule has 2 N–H and O–H groups in total. The number of hydrogen-bond donors (Lipinski definition) is 1. The fraction of sp³-hybridized carbons (Fsp3) is 0.286. The van der Waals surface area contributed by atoms with E-state index in [-0.39, 0.29) is 0 Å². The summed E-state index contributed by atoms with van der Waals surface area (Å²) in [6.07, 6.45) is 2.48. The molecular formula is C14H17N3OS. The maximum atomic E-state index is 5.54. The minimum absolute atomic E-state index is 0.522. The van der Waals surface area contributed by atoms with Crippen LogP contribution in [0, 0.1) is 0 Å². The van der Waals surface area contributed by atoms with Crippen LogP contribution in [0.5, 0.6) is 5.75 Å². The van der Waals surface area contributed by atoms with Crippen molar-refractivity contribution in [1.82, 2.24) is 4.98 Å². The summed E-state index contributed by atoms with van der Waals surface area (Å²) in [5.74, 6) is 1.77. The molecule has 0 radical (unpaired) electrons. The molecule has 4 nitrogen and oxygen atoms in total. The number of hydrogen-bond acceptors (Lipinski definition) is 4. The summed E-state index contributed by atoms with van der Waals surface area (Å²) in [6.45, 7) is 0.757. The van der Waals surface area contributed by atoms with Gasteiger partial charge < -0.3 is 15.4 Å². The lowest BCUT2D eigenvalue weighted by Crippen LogP contribution is -2.24. The summed E-state index contributed by atoms with van der Waals surface area (Å²) in [7, 11) is 3.65. The van der Waals surface area contributed by atoms with Crippen LogP contribution in [0.4, 0.5) is 5.82 Å². The van der Waals surface area contributed by atoms with Crippen LogP contribution >= 0.6 is 12.2 Å². The molecule has 0 amide bonds. The summed E-state index contributed by atoms with van der Waals surface area (Å²) in [6, 6.07) is 7.94. The number of nitrogens with zero attached hydrogens (tertiary/aromatic N) is 2. The molecule has 0 aliphatic rings. The molecule has 2 aromatic rings. The third-order valence-electron chi connectivity index (χ3n) is 3.01. The largest absolute Gasteiger partial charge is 0.497 e. The topological polar surface area (TPSA) is 51.4 Å². The van der Waals surface area contributed by atoms with E-state index in [0.29, 0.717) is 11.4 Å². The Morgan fingerprint density at radius 3 is 2.89 bits per heavy atom. The SMILES string of the molecule is COc1ccc2c(N(C)CCC(N)=S)nccc2c1. The van der Waals surface area contributed by atoms with Crippen LogP contribution in [0.1, 0.15) is 6.42 Å². The van der Waals surface area contributed by atoms with Crippen molar-refractivity contribution in [2.24, 2.45) is 5.73 Å². The molecule has 1 aromatic heterocycles. The highest BCUT2D eigenvalue weighted by Crippen LogP contribution is 2.27. The van der Waals surface area contributed by atoms with Crippen LogP contribution in [-0.4, -0.2) is 30.7 Å². The lowest BCUT2D eigenvalue weighted by Gasteiger charge is -2.19. The molecule has 0 atom stereocenters. The third kappa shape index (κ3) is 3.12. The van der Waals surface area contributed by atoms with Gasteiger partial charge in [-0.15, -0.1) is 0 Å². The first kappa shape index (κ1) is 13.5. The van der Waals surface area contributed by atoms with Gasteiger partial charge >= 0.3 is 0 Å². The molecule has 0 aliphatic carbocycles. The van der Waals surface area contributed by atoms with Crippen molar-refractivity contribution >= 4 is 33.8 Å². The van der Waals surface area contributed by atoms with Gasteiger partial charge in [-0.2, -0.15) is 0 Å². The highest BCUT2D eigenvalue weighted by Gasteiger charge is 2.08. The van der Waals surface area contributed by atoms with Gasteiger partial charge in [0.15, 0.2) is 0 Å². The number of pyridine rings is 1. The van der Waals surface area contributed by atoms with Crippen LogP contribution in [0.3, 0.4) is 0 Å². The zero-order chi connectivity index (χ0) is 13.8. The van der Waals surface area contributed by atoms with Crippen LogP contribution in [0.2, 0.25) is 0 Å². The Kier molecular flexibility index (Phi) is 4.16. The van der Waals surface area contributed by atoms with Gasteiger partial charge in [0, 0.05) is 31.6 Å². The molecule has 19 heavy (non-hydrogen) atoms. The summed E-state index contributed by atoms with van der Waals surface area (Å²) >= 11 is 4.91. The van der Waals surface area contributed by atoms with Crippen LogP contribution in [0.25, 0.3) is 10.8 Å². The average Bonchev–Trinajstić information content (AvgIpc) is 2.43. The molecule has 0 aliphatic heterocycles. The first-order valence-corrected chi connectivity index (χ1v) is 6.45. The third-order valence-corrected chi connectivity index (χ3v) is 3.21. The van der Waals surface area contributed by atoms with E-state index in [1.807, 2.05) is 31.3 Å². The quantitative estimate of drug-likeness (QED) is 0.849. The Morgan fingerprint density at radius 2 is 2.21 bits per heavy atom. The lowest BCUT2D eigenvalue weighted by molar-refractivity contribution is 0.415. The van der Waals surface area contributed by atoms with E-state index in [0.717, 1.165) is 28.9 Å². The average molecular weight is 275 g/mol. The van der Waals surface area contributed by atoms with Gasteiger partial charge in [-0.1, -0.05) is 12.2 Å². The Bertz CT molecular complexity index is 600. The van der Waals surface area contributed by atoms with Crippen molar-refractivity contribution in [2.45, 2.75) is 6.42 Å². The Labute approximate surface area is 118 Å². The van der Waals surface area contributed by atoms with Gasteiger partial charge in [0.05, 0.1) is 12.1 Å². The molecule has 1 aromatic carbocycles. The van der Waals surface area contributed by atoms with Crippen molar-refractivity contribution in [3.8, 4) is 5.75 Å². The second kappa shape index (κ2) is 5.84. The number of benzene rings is 1. The normalized spacial score (nSPS) is 10.4. The molecule has 0 fully saturated rings. The number of fused-ring (bicyclic) bond motifs is 1. The molecule has 0 saturated carbocycles. The Morgan fingerprint density at radius 1 is 1.42 bits per heavy atom. The van der Waals surface area contributed by atoms with Crippen molar-refractivity contribution in [3.05, 3.63) is 30.5 Å². The second-order valence-corrected chi connectivity index (χ2v) is 4.88. The minimum atomic E-state index is 0.522. The predicted octanol–water partition coefficient (Wildman–Crippen LogP) is 2.36. The van der Waals surface area contributed by atoms with Gasteiger partial charge in [-0.3, -0.25) is 0 Å². The van der Waals surface area contributed by atoms with E-state index in [1.165, 1.54) is 0 Å². The lowest BCUT2D eigenvalue weighted by atomic mass is 10.1. The zero-order valence-electron chi connectivity index (χ0n) is 11.1. The highest BCUT2D eigenvalue weighted by atomic mass is 32.1. The number of thiocarbonyl (C=S) groups is 1. The molecule has 100 valence electrons. The van der Waals surface area contributed by atoms with Gasteiger partial charge in [0.25, 0.3) is 0 Å². The maximum Gasteiger partial charge on any atom is 0.136 e. The smallest absolute Gasteiger partial charge is 0.136 e. The summed E-state index contributed by atoms with van der Waals surface area (Å²) in [5, 5.41) is 2.19. The second-order valence-electron chi connectivity index (χ2n) is 4.36. The van der Waals surface area contributed by atoms with E-state index in [9.17, 15) is 0 Å². The standard InChI is InChI=1S/C14H17N3OS/c1-17(8-6-13(15)19)14-12-4-3-11(18-2)9-10(12)5-7-16-14/h3-5,7,9H,6,8H2,1-2H3,(H2,15,19). The summed E-state index contributed by atoms with van der Waals surface area (Å²) < 4.78 is 5.23. The van der Waals surface area contributed by atoms with E-state index < -0.39 is 0 Å². The first-order chi connectivity index (χ1) is 9.11. The van der Waals surface area contributed by atoms with Gasteiger partial charge in [-0.05, 0) is 29.7 Å². The molecule has 2 rings (SSSR count). The number of methoxy groups -OCH3 is 1. The summed E-state index contributed by atoms with van der Waals surface area (Å²) in [4.78, 5) is 7.03. The Hall–Kier alpha value is -1.88. The fourth-order valence-corrected chi connectivity index (χ4v) is 2.05. The highest BCUT2D eigenvalue weighted by molar-refractivity contribution is 7.80. The molecule has 0 spiro atoms. The number of rotatable bonds is 5. The van der Waals surface area contributed by atoms with Crippen LogP contribution < -0.4 is 15.4 Å². The van der Waals surface area contributed by atoms with Crippen molar-refractivity contribution in [1.29, 1.82) is 0 Å².